The van der Waals surface area contributed by atoms with Crippen LogP contribution in [0.5, 0.6) is 11.5 Å². The van der Waals surface area contributed by atoms with Crippen LogP contribution in [0, 0.1) is 0 Å². The van der Waals surface area contributed by atoms with Crippen LogP contribution in [0.1, 0.15) is 16.7 Å². The molecule has 1 heterocycles. The lowest BCUT2D eigenvalue weighted by atomic mass is 10.1. The van der Waals surface area contributed by atoms with Gasteiger partial charge in [-0.1, -0.05) is 36.4 Å². The highest BCUT2D eigenvalue weighted by Gasteiger charge is 2.12. The molecule has 3 rings (SSSR count). The molecule has 0 saturated carbocycles. The number of nitrogens with zero attached hydrogens (tertiary/aromatic N) is 1. The standard InChI is InChI=1S/C20H23NO2/c1-21(11-4-6-16-5-3-7-19(14-16)22-2)15-17-8-9-20-18(13-17)10-12-23-20/h3-9,13-14H,10-12,15H2,1-2H3. The van der Waals surface area contributed by atoms with Gasteiger partial charge in [-0.15, -0.1) is 0 Å². The van der Waals surface area contributed by atoms with Crippen molar-refractivity contribution in [3.8, 4) is 11.5 Å². The number of hydrogen-bond acceptors (Lipinski definition) is 3. The summed E-state index contributed by atoms with van der Waals surface area (Å²) in [5.41, 5.74) is 3.83. The molecule has 0 N–H and O–H groups in total. The first-order valence-electron chi connectivity index (χ1n) is 7.98. The Morgan fingerprint density at radius 2 is 2.13 bits per heavy atom. The van der Waals surface area contributed by atoms with Crippen molar-refractivity contribution >= 4 is 6.08 Å². The number of benzene rings is 2. The fourth-order valence-electron chi connectivity index (χ4n) is 2.83. The fraction of sp³-hybridized carbons (Fsp3) is 0.300. The third kappa shape index (κ3) is 4.14. The normalized spacial score (nSPS) is 13.3. The number of methoxy groups -OCH3 is 1. The molecule has 23 heavy (non-hydrogen) atoms. The summed E-state index contributed by atoms with van der Waals surface area (Å²) < 4.78 is 10.8. The van der Waals surface area contributed by atoms with Gasteiger partial charge in [0.05, 0.1) is 13.7 Å². The molecule has 3 heteroatoms. The predicted molar refractivity (Wildman–Crippen MR) is 94.0 cm³/mol. The lowest BCUT2D eigenvalue weighted by Crippen LogP contribution is -2.17. The molecule has 120 valence electrons. The van der Waals surface area contributed by atoms with Crippen LogP contribution in [-0.4, -0.2) is 32.2 Å². The topological polar surface area (TPSA) is 21.7 Å². The molecule has 0 spiro atoms. The second-order valence-electron chi connectivity index (χ2n) is 5.92. The number of rotatable bonds is 6. The summed E-state index contributed by atoms with van der Waals surface area (Å²) in [6.07, 6.45) is 5.35. The lowest BCUT2D eigenvalue weighted by Gasteiger charge is -2.15. The van der Waals surface area contributed by atoms with Crippen LogP contribution in [0.25, 0.3) is 6.08 Å². The van der Waals surface area contributed by atoms with E-state index in [1.165, 1.54) is 11.1 Å². The zero-order valence-corrected chi connectivity index (χ0v) is 13.8. The molecule has 0 atom stereocenters. The summed E-state index contributed by atoms with van der Waals surface area (Å²) >= 11 is 0. The molecule has 0 saturated heterocycles. The van der Waals surface area contributed by atoms with Gasteiger partial charge in [-0.05, 0) is 41.9 Å². The summed E-state index contributed by atoms with van der Waals surface area (Å²) in [5, 5.41) is 0. The first-order valence-corrected chi connectivity index (χ1v) is 7.98. The average Bonchev–Trinajstić information content (AvgIpc) is 3.02. The Labute approximate surface area is 138 Å². The Morgan fingerprint density at radius 1 is 1.22 bits per heavy atom. The summed E-state index contributed by atoms with van der Waals surface area (Å²) in [6, 6.07) is 14.6. The molecular formula is C20H23NO2. The largest absolute Gasteiger partial charge is 0.497 e. The number of hydrogen-bond donors (Lipinski definition) is 0. The Bertz CT molecular complexity index is 694. The fourth-order valence-corrected chi connectivity index (χ4v) is 2.83. The summed E-state index contributed by atoms with van der Waals surface area (Å²) in [7, 11) is 3.83. The maximum absolute atomic E-state index is 5.56. The van der Waals surface area contributed by atoms with Crippen molar-refractivity contribution in [2.75, 3.05) is 27.3 Å². The van der Waals surface area contributed by atoms with Crippen LogP contribution in [0.15, 0.2) is 48.5 Å². The monoisotopic (exact) mass is 309 g/mol. The molecule has 0 bridgehead atoms. The zero-order chi connectivity index (χ0) is 16.1. The molecule has 0 aliphatic carbocycles. The highest BCUT2D eigenvalue weighted by Crippen LogP contribution is 2.26. The number of fused-ring (bicyclic) bond motifs is 1. The third-order valence-corrected chi connectivity index (χ3v) is 4.03. The SMILES string of the molecule is COc1cccc(C=CCN(C)Cc2ccc3c(c2)CCO3)c1. The highest BCUT2D eigenvalue weighted by molar-refractivity contribution is 5.51. The lowest BCUT2D eigenvalue weighted by molar-refractivity contribution is 0.356. The van der Waals surface area contributed by atoms with Crippen molar-refractivity contribution in [2.45, 2.75) is 13.0 Å². The molecule has 0 amide bonds. The van der Waals surface area contributed by atoms with Crippen LogP contribution < -0.4 is 9.47 Å². The van der Waals surface area contributed by atoms with Crippen molar-refractivity contribution in [2.24, 2.45) is 0 Å². The van der Waals surface area contributed by atoms with E-state index in [0.29, 0.717) is 0 Å². The van der Waals surface area contributed by atoms with E-state index in [0.717, 1.165) is 43.2 Å². The van der Waals surface area contributed by atoms with E-state index in [-0.39, 0.29) is 0 Å². The molecule has 1 aliphatic heterocycles. The third-order valence-electron chi connectivity index (χ3n) is 4.03. The van der Waals surface area contributed by atoms with Gasteiger partial charge in [-0.3, -0.25) is 4.90 Å². The maximum atomic E-state index is 5.56. The Hall–Kier alpha value is -2.26. The smallest absolute Gasteiger partial charge is 0.122 e. The Morgan fingerprint density at radius 3 is 3.00 bits per heavy atom. The summed E-state index contributed by atoms with van der Waals surface area (Å²) in [5.74, 6) is 1.94. The minimum atomic E-state index is 0.817. The molecule has 3 nitrogen and oxygen atoms in total. The van der Waals surface area contributed by atoms with Gasteiger partial charge in [0.15, 0.2) is 0 Å². The van der Waals surface area contributed by atoms with Gasteiger partial charge in [0.1, 0.15) is 11.5 Å². The molecule has 2 aromatic carbocycles. The van der Waals surface area contributed by atoms with E-state index in [4.69, 9.17) is 9.47 Å². The molecule has 0 fully saturated rings. The van der Waals surface area contributed by atoms with Crippen LogP contribution in [-0.2, 0) is 13.0 Å². The van der Waals surface area contributed by atoms with Crippen LogP contribution >= 0.6 is 0 Å². The van der Waals surface area contributed by atoms with Gasteiger partial charge in [0.2, 0.25) is 0 Å². The van der Waals surface area contributed by atoms with E-state index >= 15 is 0 Å². The minimum Gasteiger partial charge on any atom is -0.497 e. The summed E-state index contributed by atoms with van der Waals surface area (Å²) in [6.45, 7) is 2.67. The van der Waals surface area contributed by atoms with Gasteiger partial charge in [0.25, 0.3) is 0 Å². The molecular weight excluding hydrogens is 286 g/mol. The first-order chi connectivity index (χ1) is 11.2. The van der Waals surface area contributed by atoms with Crippen LogP contribution in [0.2, 0.25) is 0 Å². The van der Waals surface area contributed by atoms with Crippen LogP contribution in [0.3, 0.4) is 0 Å². The van der Waals surface area contributed by atoms with Gasteiger partial charge < -0.3 is 9.47 Å². The van der Waals surface area contributed by atoms with Gasteiger partial charge in [0, 0.05) is 19.5 Å². The second kappa shape index (κ2) is 7.34. The van der Waals surface area contributed by atoms with E-state index in [2.05, 4.69) is 48.4 Å². The minimum absolute atomic E-state index is 0.817. The van der Waals surface area contributed by atoms with Gasteiger partial charge >= 0.3 is 0 Å². The maximum Gasteiger partial charge on any atom is 0.122 e. The molecule has 0 radical (unpaired) electrons. The first kappa shape index (κ1) is 15.6. The van der Waals surface area contributed by atoms with E-state index in [9.17, 15) is 0 Å². The van der Waals surface area contributed by atoms with Gasteiger partial charge in [-0.25, -0.2) is 0 Å². The Balaban J connectivity index is 1.54. The van der Waals surface area contributed by atoms with Crippen LogP contribution in [0.4, 0.5) is 0 Å². The molecule has 1 aliphatic rings. The second-order valence-corrected chi connectivity index (χ2v) is 5.92. The van der Waals surface area contributed by atoms with E-state index in [1.807, 2.05) is 18.2 Å². The zero-order valence-electron chi connectivity index (χ0n) is 13.8. The Kier molecular flexibility index (Phi) is 4.99. The molecule has 2 aromatic rings. The van der Waals surface area contributed by atoms with Crippen molar-refractivity contribution in [3.63, 3.8) is 0 Å². The quantitative estimate of drug-likeness (QED) is 0.810. The van der Waals surface area contributed by atoms with Gasteiger partial charge in [-0.2, -0.15) is 0 Å². The molecule has 0 unspecified atom stereocenters. The van der Waals surface area contributed by atoms with Crippen molar-refractivity contribution in [1.82, 2.24) is 4.90 Å². The van der Waals surface area contributed by atoms with Crippen molar-refractivity contribution in [3.05, 3.63) is 65.2 Å². The van der Waals surface area contributed by atoms with E-state index in [1.54, 1.807) is 7.11 Å². The average molecular weight is 309 g/mol. The number of likely N-dealkylation sites (N-methyl/N-ethyl adjacent to an activating group) is 1. The van der Waals surface area contributed by atoms with Crippen molar-refractivity contribution < 1.29 is 9.47 Å². The van der Waals surface area contributed by atoms with E-state index < -0.39 is 0 Å². The number of ether oxygens (including phenoxy) is 2. The predicted octanol–water partition coefficient (Wildman–Crippen LogP) is 3.78. The van der Waals surface area contributed by atoms with Crippen molar-refractivity contribution in [1.29, 1.82) is 0 Å². The molecule has 0 aromatic heterocycles. The highest BCUT2D eigenvalue weighted by atomic mass is 16.5. The summed E-state index contributed by atoms with van der Waals surface area (Å²) in [4.78, 5) is 2.30.